The van der Waals surface area contributed by atoms with Gasteiger partial charge in [-0.3, -0.25) is 0 Å². The summed E-state index contributed by atoms with van der Waals surface area (Å²) < 4.78 is 97.1. The van der Waals surface area contributed by atoms with Gasteiger partial charge in [0.1, 0.15) is 17.3 Å². The molecule has 0 atom stereocenters. The van der Waals surface area contributed by atoms with E-state index in [2.05, 4.69) is 0 Å². The first-order chi connectivity index (χ1) is 12.3. The fourth-order valence-electron chi connectivity index (χ4n) is 2.65. The highest BCUT2D eigenvalue weighted by Gasteiger charge is 2.71. The fourth-order valence-corrected chi connectivity index (χ4v) is 4.39. The molecule has 27 heavy (non-hydrogen) atoms. The Labute approximate surface area is 153 Å². The molecule has 0 fully saturated rings. The van der Waals surface area contributed by atoms with Crippen LogP contribution in [0.4, 0.5) is 22.0 Å². The lowest BCUT2D eigenvalue weighted by Gasteiger charge is -2.24. The summed E-state index contributed by atoms with van der Waals surface area (Å²) in [6, 6.07) is 3.72. The first-order valence-electron chi connectivity index (χ1n) is 6.97. The van der Waals surface area contributed by atoms with Gasteiger partial charge in [-0.25, -0.2) is 21.6 Å². The third kappa shape index (κ3) is 2.76. The zero-order chi connectivity index (χ0) is 20.4. The molecule has 2 aromatic carbocycles. The maximum absolute atomic E-state index is 14.0. The second kappa shape index (κ2) is 6.03. The van der Waals surface area contributed by atoms with E-state index < -0.39 is 60.6 Å². The lowest BCUT2D eigenvalue weighted by molar-refractivity contribution is -0.265. The van der Waals surface area contributed by atoms with Crippen molar-refractivity contribution in [1.29, 1.82) is 0 Å². The number of halogens is 6. The van der Waals surface area contributed by atoms with Crippen molar-refractivity contribution in [2.24, 2.45) is 0 Å². The van der Waals surface area contributed by atoms with Gasteiger partial charge in [0, 0.05) is 16.7 Å². The van der Waals surface area contributed by atoms with Crippen LogP contribution >= 0.6 is 11.6 Å². The SMILES string of the molecule is O=S1(=O)c2ccc(Oc3cc(F)cc(Cl)c3)c(C(F)F)c2C(O)(O)C1(F)F. The molecule has 12 heteroatoms. The van der Waals surface area contributed by atoms with Crippen LogP contribution in [0.1, 0.15) is 17.6 Å². The zero-order valence-electron chi connectivity index (χ0n) is 12.8. The van der Waals surface area contributed by atoms with Gasteiger partial charge in [-0.05, 0) is 24.3 Å². The van der Waals surface area contributed by atoms with Crippen LogP contribution < -0.4 is 4.74 Å². The molecule has 0 saturated heterocycles. The minimum Gasteiger partial charge on any atom is -0.457 e. The van der Waals surface area contributed by atoms with Gasteiger partial charge in [0.05, 0.1) is 10.5 Å². The summed E-state index contributed by atoms with van der Waals surface area (Å²) >= 11 is 5.61. The van der Waals surface area contributed by atoms with Crippen molar-refractivity contribution in [2.75, 3.05) is 0 Å². The Morgan fingerprint density at radius 3 is 2.30 bits per heavy atom. The summed E-state index contributed by atoms with van der Waals surface area (Å²) in [5.41, 5.74) is -3.10. The van der Waals surface area contributed by atoms with Crippen LogP contribution in [0.2, 0.25) is 5.02 Å². The van der Waals surface area contributed by atoms with Crippen molar-refractivity contribution in [3.63, 3.8) is 0 Å². The summed E-state index contributed by atoms with van der Waals surface area (Å²) in [5.74, 6) is -6.61. The summed E-state index contributed by atoms with van der Waals surface area (Å²) in [6.45, 7) is 0. The summed E-state index contributed by atoms with van der Waals surface area (Å²) in [5, 5.41) is 14.0. The van der Waals surface area contributed by atoms with Gasteiger partial charge in [-0.15, -0.1) is 0 Å². The third-order valence-corrected chi connectivity index (χ3v) is 5.93. The molecule has 5 nitrogen and oxygen atoms in total. The highest BCUT2D eigenvalue weighted by atomic mass is 35.5. The van der Waals surface area contributed by atoms with Crippen LogP contribution in [0.5, 0.6) is 11.5 Å². The Hall–Kier alpha value is -1.95. The molecule has 146 valence electrons. The van der Waals surface area contributed by atoms with Crippen LogP contribution in [0.15, 0.2) is 35.2 Å². The number of hydrogen-bond donors (Lipinski definition) is 2. The lowest BCUT2D eigenvalue weighted by Crippen LogP contribution is -2.45. The van der Waals surface area contributed by atoms with E-state index in [4.69, 9.17) is 16.3 Å². The molecule has 0 radical (unpaired) electrons. The van der Waals surface area contributed by atoms with Gasteiger partial charge in [0.2, 0.25) is 9.84 Å². The Morgan fingerprint density at radius 2 is 1.74 bits per heavy atom. The fraction of sp³-hybridized carbons (Fsp3) is 0.200. The molecule has 0 bridgehead atoms. The Balaban J connectivity index is 2.27. The average Bonchev–Trinajstić information content (AvgIpc) is 2.61. The van der Waals surface area contributed by atoms with E-state index in [1.165, 1.54) is 0 Å². The zero-order valence-corrected chi connectivity index (χ0v) is 14.3. The van der Waals surface area contributed by atoms with Gasteiger partial charge in [-0.2, -0.15) is 8.78 Å². The molecule has 0 aromatic heterocycles. The molecule has 1 aliphatic rings. The number of benzene rings is 2. The van der Waals surface area contributed by atoms with Crippen LogP contribution in [0.3, 0.4) is 0 Å². The van der Waals surface area contributed by atoms with Gasteiger partial charge >= 0.3 is 5.25 Å². The predicted octanol–water partition coefficient (Wildman–Crippen LogP) is 3.73. The number of hydrogen-bond acceptors (Lipinski definition) is 5. The largest absolute Gasteiger partial charge is 0.457 e. The number of rotatable bonds is 3. The molecule has 0 unspecified atom stereocenters. The van der Waals surface area contributed by atoms with Gasteiger partial charge in [0.25, 0.3) is 12.2 Å². The molecule has 1 aliphatic heterocycles. The highest BCUT2D eigenvalue weighted by molar-refractivity contribution is 7.93. The van der Waals surface area contributed by atoms with E-state index in [1.54, 1.807) is 0 Å². The van der Waals surface area contributed by atoms with Crippen LogP contribution in [-0.2, 0) is 15.6 Å². The average molecular weight is 431 g/mol. The molecule has 1 heterocycles. The highest BCUT2D eigenvalue weighted by Crippen LogP contribution is 2.55. The topological polar surface area (TPSA) is 83.8 Å². The van der Waals surface area contributed by atoms with Gasteiger partial charge < -0.3 is 14.9 Å². The maximum Gasteiger partial charge on any atom is 0.406 e. The molecule has 0 saturated carbocycles. The van der Waals surface area contributed by atoms with Crippen LogP contribution in [0.25, 0.3) is 0 Å². The van der Waals surface area contributed by atoms with Crippen molar-refractivity contribution < 1.29 is 45.3 Å². The minimum absolute atomic E-state index is 0.169. The molecule has 0 aliphatic carbocycles. The molecule has 0 spiro atoms. The van der Waals surface area contributed by atoms with E-state index in [0.29, 0.717) is 12.1 Å². The summed E-state index contributed by atoms with van der Waals surface area (Å²) in [6.07, 6.45) is -3.64. The molecule has 3 rings (SSSR count). The monoisotopic (exact) mass is 430 g/mol. The number of alkyl halides is 4. The number of sulfone groups is 1. The van der Waals surface area contributed by atoms with Gasteiger partial charge in [-0.1, -0.05) is 11.6 Å². The Morgan fingerprint density at radius 1 is 1.11 bits per heavy atom. The van der Waals surface area contributed by atoms with E-state index in [1.807, 2.05) is 0 Å². The van der Waals surface area contributed by atoms with Gasteiger partial charge in [0.15, 0.2) is 0 Å². The van der Waals surface area contributed by atoms with Crippen LogP contribution in [0, 0.1) is 5.82 Å². The number of aliphatic hydroxyl groups is 2. The van der Waals surface area contributed by atoms with Crippen molar-refractivity contribution in [3.05, 3.63) is 52.3 Å². The minimum atomic E-state index is -5.65. The van der Waals surface area contributed by atoms with E-state index >= 15 is 0 Å². The quantitative estimate of drug-likeness (QED) is 0.572. The molecule has 2 N–H and O–H groups in total. The first kappa shape index (κ1) is 19.8. The van der Waals surface area contributed by atoms with Crippen molar-refractivity contribution in [2.45, 2.75) is 22.4 Å². The van der Waals surface area contributed by atoms with Crippen LogP contribution in [-0.4, -0.2) is 23.9 Å². The molecule has 0 amide bonds. The van der Waals surface area contributed by atoms with E-state index in [-0.39, 0.29) is 5.02 Å². The normalized spacial score (nSPS) is 19.1. The van der Waals surface area contributed by atoms with Crippen molar-refractivity contribution in [1.82, 2.24) is 0 Å². The smallest absolute Gasteiger partial charge is 0.406 e. The number of fused-ring (bicyclic) bond motifs is 1. The van der Waals surface area contributed by atoms with E-state index in [0.717, 1.165) is 18.2 Å². The summed E-state index contributed by atoms with van der Waals surface area (Å²) in [4.78, 5) is -1.38. The number of ether oxygens (including phenoxy) is 1. The Kier molecular flexibility index (Phi) is 4.42. The second-order valence-corrected chi connectivity index (χ2v) is 7.95. The summed E-state index contributed by atoms with van der Waals surface area (Å²) in [7, 11) is -5.65. The van der Waals surface area contributed by atoms with Crippen molar-refractivity contribution in [3.8, 4) is 11.5 Å². The molecular weight excluding hydrogens is 423 g/mol. The Bertz CT molecular complexity index is 1020. The molecular formula is C15H8ClF5O5S. The van der Waals surface area contributed by atoms with Crippen molar-refractivity contribution >= 4 is 21.4 Å². The lowest BCUT2D eigenvalue weighted by atomic mass is 9.99. The second-order valence-electron chi connectivity index (χ2n) is 5.55. The maximum atomic E-state index is 14.0. The van der Waals surface area contributed by atoms with E-state index in [9.17, 15) is 40.6 Å². The first-order valence-corrected chi connectivity index (χ1v) is 8.83. The molecule has 2 aromatic rings. The standard InChI is InChI=1S/C15H8ClF5O5S/c16-6-3-7(17)5-8(4-6)26-9-1-2-10-12(11(9)13(18)19)14(22,23)15(20,21)27(10,24)25/h1-5,13,22-23H. The predicted molar refractivity (Wildman–Crippen MR) is 81.1 cm³/mol. The third-order valence-electron chi connectivity index (χ3n) is 3.83.